The highest BCUT2D eigenvalue weighted by molar-refractivity contribution is 5.81. The van der Waals surface area contributed by atoms with Crippen LogP contribution in [0.3, 0.4) is 0 Å². The number of nitrogens with one attached hydrogen (secondary N) is 1. The van der Waals surface area contributed by atoms with E-state index < -0.39 is 0 Å². The van der Waals surface area contributed by atoms with Crippen LogP contribution < -0.4 is 10.1 Å². The van der Waals surface area contributed by atoms with Crippen LogP contribution in [-0.2, 0) is 6.42 Å². The number of fused-ring (bicyclic) bond motifs is 1. The third-order valence-corrected chi connectivity index (χ3v) is 5.25. The van der Waals surface area contributed by atoms with Crippen LogP contribution in [0.25, 0.3) is 17.0 Å². The summed E-state index contributed by atoms with van der Waals surface area (Å²) >= 11 is 0. The second kappa shape index (κ2) is 7.59. The Morgan fingerprint density at radius 1 is 1.00 bits per heavy atom. The molecule has 4 aromatic rings. The van der Waals surface area contributed by atoms with E-state index in [1.165, 1.54) is 11.1 Å². The Kier molecular flexibility index (Phi) is 4.97. The maximum absolute atomic E-state index is 5.32. The normalized spacial score (nSPS) is 11.1. The van der Waals surface area contributed by atoms with Crippen molar-refractivity contribution in [3.8, 4) is 17.0 Å². The Morgan fingerprint density at radius 3 is 2.45 bits per heavy atom. The van der Waals surface area contributed by atoms with Crippen molar-refractivity contribution in [2.45, 2.75) is 34.1 Å². The van der Waals surface area contributed by atoms with Crippen LogP contribution in [0.1, 0.15) is 29.4 Å². The average molecular weight is 386 g/mol. The van der Waals surface area contributed by atoms with E-state index in [1.807, 2.05) is 31.2 Å². The molecule has 0 aliphatic heterocycles. The second-order valence-corrected chi connectivity index (χ2v) is 7.30. The van der Waals surface area contributed by atoms with Crippen LogP contribution >= 0.6 is 0 Å². The third-order valence-electron chi connectivity index (χ3n) is 5.25. The number of para-hydroxylation sites is 1. The zero-order valence-electron chi connectivity index (χ0n) is 17.6. The first kappa shape index (κ1) is 19.0. The number of rotatable bonds is 5. The van der Waals surface area contributed by atoms with Crippen LogP contribution in [0.2, 0.25) is 0 Å². The zero-order chi connectivity index (χ0) is 20.5. The molecule has 0 atom stereocenters. The van der Waals surface area contributed by atoms with Crippen molar-refractivity contribution in [2.24, 2.45) is 0 Å². The first-order valence-corrected chi connectivity index (χ1v) is 9.88. The minimum atomic E-state index is 0.697. The van der Waals surface area contributed by atoms with Gasteiger partial charge >= 0.3 is 0 Å². The number of aryl methyl sites for hydroxylation is 4. The fourth-order valence-corrected chi connectivity index (χ4v) is 3.76. The molecule has 0 unspecified atom stereocenters. The molecule has 0 aliphatic rings. The molecule has 0 saturated carbocycles. The van der Waals surface area contributed by atoms with Crippen LogP contribution in [0, 0.1) is 20.8 Å². The van der Waals surface area contributed by atoms with E-state index in [1.54, 1.807) is 7.11 Å². The molecule has 0 aliphatic carbocycles. The molecule has 0 bridgehead atoms. The molecule has 5 nitrogen and oxygen atoms in total. The number of anilines is 2. The van der Waals surface area contributed by atoms with E-state index in [4.69, 9.17) is 9.72 Å². The number of methoxy groups -OCH3 is 1. The maximum atomic E-state index is 5.32. The van der Waals surface area contributed by atoms with Gasteiger partial charge < -0.3 is 10.1 Å². The van der Waals surface area contributed by atoms with Gasteiger partial charge in [0.25, 0.3) is 0 Å². The second-order valence-electron chi connectivity index (χ2n) is 7.30. The highest BCUT2D eigenvalue weighted by Crippen LogP contribution is 2.34. The van der Waals surface area contributed by atoms with E-state index in [9.17, 15) is 0 Å². The van der Waals surface area contributed by atoms with Crippen LogP contribution in [-0.4, -0.2) is 21.5 Å². The summed E-state index contributed by atoms with van der Waals surface area (Å²) in [6.45, 7) is 8.39. The summed E-state index contributed by atoms with van der Waals surface area (Å²) in [5.74, 6) is 2.45. The lowest BCUT2D eigenvalue weighted by atomic mass is 10.1. The SMILES string of the molecule is CCc1cccc(C)c1Nc1c(-c2ccc(OC)cc2)nc2nc(C)cc(C)n12. The van der Waals surface area contributed by atoms with E-state index in [2.05, 4.69) is 59.7 Å². The third kappa shape index (κ3) is 3.44. The topological polar surface area (TPSA) is 51.5 Å². The van der Waals surface area contributed by atoms with Gasteiger partial charge in [-0.05, 0) is 68.7 Å². The van der Waals surface area contributed by atoms with Crippen molar-refractivity contribution in [2.75, 3.05) is 12.4 Å². The fourth-order valence-electron chi connectivity index (χ4n) is 3.76. The van der Waals surface area contributed by atoms with E-state index in [-0.39, 0.29) is 0 Å². The Hall–Kier alpha value is -3.34. The lowest BCUT2D eigenvalue weighted by Gasteiger charge is -2.16. The highest BCUT2D eigenvalue weighted by atomic mass is 16.5. The monoisotopic (exact) mass is 386 g/mol. The summed E-state index contributed by atoms with van der Waals surface area (Å²) in [5.41, 5.74) is 7.55. The molecule has 29 heavy (non-hydrogen) atoms. The van der Waals surface area contributed by atoms with Crippen molar-refractivity contribution in [3.05, 3.63) is 71.0 Å². The molecule has 2 aromatic carbocycles. The number of hydrogen-bond acceptors (Lipinski definition) is 4. The summed E-state index contributed by atoms with van der Waals surface area (Å²) < 4.78 is 7.41. The number of aromatic nitrogens is 3. The quantitative estimate of drug-likeness (QED) is 0.482. The molecule has 0 amide bonds. The van der Waals surface area contributed by atoms with Crippen LogP contribution in [0.4, 0.5) is 11.5 Å². The van der Waals surface area contributed by atoms with E-state index in [0.717, 1.165) is 46.3 Å². The molecule has 5 heteroatoms. The van der Waals surface area contributed by atoms with Gasteiger partial charge in [-0.1, -0.05) is 25.1 Å². The van der Waals surface area contributed by atoms with Gasteiger partial charge in [-0.3, -0.25) is 4.40 Å². The maximum Gasteiger partial charge on any atom is 0.236 e. The Balaban J connectivity index is 1.95. The predicted molar refractivity (Wildman–Crippen MR) is 118 cm³/mol. The molecule has 1 N–H and O–H groups in total. The summed E-state index contributed by atoms with van der Waals surface area (Å²) in [4.78, 5) is 9.56. The largest absolute Gasteiger partial charge is 0.497 e. The average Bonchev–Trinajstić information content (AvgIpc) is 3.08. The van der Waals surface area contributed by atoms with Crippen molar-refractivity contribution in [1.82, 2.24) is 14.4 Å². The molecule has 0 saturated heterocycles. The Bertz CT molecular complexity index is 1180. The zero-order valence-corrected chi connectivity index (χ0v) is 17.6. The van der Waals surface area contributed by atoms with Gasteiger partial charge in [0, 0.05) is 22.6 Å². The molecule has 0 radical (unpaired) electrons. The van der Waals surface area contributed by atoms with Crippen LogP contribution in [0.5, 0.6) is 5.75 Å². The first-order valence-electron chi connectivity index (χ1n) is 9.88. The van der Waals surface area contributed by atoms with E-state index in [0.29, 0.717) is 5.78 Å². The number of imidazole rings is 1. The standard InChI is InChI=1S/C24H26N4O/c1-6-18-9-7-8-15(2)21(18)26-23-22(19-10-12-20(29-5)13-11-19)27-24-25-16(3)14-17(4)28(23)24/h7-14,26H,6H2,1-5H3. The molecule has 2 aromatic heterocycles. The number of benzene rings is 2. The van der Waals surface area contributed by atoms with E-state index >= 15 is 0 Å². The summed E-state index contributed by atoms with van der Waals surface area (Å²) in [5, 5.41) is 3.70. The van der Waals surface area contributed by atoms with Crippen molar-refractivity contribution >= 4 is 17.3 Å². The lowest BCUT2D eigenvalue weighted by Crippen LogP contribution is -2.04. The minimum Gasteiger partial charge on any atom is -0.497 e. The first-order chi connectivity index (χ1) is 14.0. The molecular formula is C24H26N4O. The van der Waals surface area contributed by atoms with Gasteiger partial charge in [-0.25, -0.2) is 9.97 Å². The molecule has 0 spiro atoms. The Morgan fingerprint density at radius 2 is 1.76 bits per heavy atom. The smallest absolute Gasteiger partial charge is 0.236 e. The lowest BCUT2D eigenvalue weighted by molar-refractivity contribution is 0.415. The minimum absolute atomic E-state index is 0.697. The molecule has 4 rings (SSSR count). The summed E-state index contributed by atoms with van der Waals surface area (Å²) in [7, 11) is 1.67. The molecular weight excluding hydrogens is 360 g/mol. The Labute approximate surface area is 171 Å². The number of nitrogens with zero attached hydrogens (tertiary/aromatic N) is 3. The van der Waals surface area contributed by atoms with Gasteiger partial charge in [-0.2, -0.15) is 0 Å². The van der Waals surface area contributed by atoms with Gasteiger partial charge in [0.2, 0.25) is 5.78 Å². The van der Waals surface area contributed by atoms with Crippen molar-refractivity contribution < 1.29 is 4.74 Å². The van der Waals surface area contributed by atoms with Crippen molar-refractivity contribution in [1.29, 1.82) is 0 Å². The van der Waals surface area contributed by atoms with Gasteiger partial charge in [0.15, 0.2) is 0 Å². The van der Waals surface area contributed by atoms with Gasteiger partial charge in [0.1, 0.15) is 17.3 Å². The van der Waals surface area contributed by atoms with Crippen molar-refractivity contribution in [3.63, 3.8) is 0 Å². The molecule has 148 valence electrons. The number of ether oxygens (including phenoxy) is 1. The summed E-state index contributed by atoms with van der Waals surface area (Å²) in [6, 6.07) is 16.5. The molecule has 2 heterocycles. The number of hydrogen-bond donors (Lipinski definition) is 1. The predicted octanol–water partition coefficient (Wildman–Crippen LogP) is 5.64. The van der Waals surface area contributed by atoms with Gasteiger partial charge in [-0.15, -0.1) is 0 Å². The highest BCUT2D eigenvalue weighted by Gasteiger charge is 2.19. The summed E-state index contributed by atoms with van der Waals surface area (Å²) in [6.07, 6.45) is 0.953. The van der Waals surface area contributed by atoms with Crippen LogP contribution in [0.15, 0.2) is 48.5 Å². The van der Waals surface area contributed by atoms with Gasteiger partial charge in [0.05, 0.1) is 7.11 Å². The fraction of sp³-hybridized carbons (Fsp3) is 0.250. The molecule has 0 fully saturated rings.